The van der Waals surface area contributed by atoms with Crippen LogP contribution in [-0.2, 0) is 4.79 Å². The first-order chi connectivity index (χ1) is 11.1. The lowest BCUT2D eigenvalue weighted by Gasteiger charge is -2.15. The number of hydrazine groups is 1. The van der Waals surface area contributed by atoms with Gasteiger partial charge in [0.15, 0.2) is 4.32 Å². The van der Waals surface area contributed by atoms with Gasteiger partial charge in [-0.05, 0) is 42.6 Å². The molecule has 0 atom stereocenters. The second kappa shape index (κ2) is 6.67. The highest BCUT2D eigenvalue weighted by Gasteiger charge is 2.33. The average Bonchev–Trinajstić information content (AvgIpc) is 2.84. The summed E-state index contributed by atoms with van der Waals surface area (Å²) in [5.74, 6) is -0.837. The van der Waals surface area contributed by atoms with Crippen molar-refractivity contribution in [2.75, 3.05) is 0 Å². The summed E-state index contributed by atoms with van der Waals surface area (Å²) in [6.07, 6.45) is 6.25. The van der Waals surface area contributed by atoms with Gasteiger partial charge < -0.3 is 0 Å². The molecule has 1 N–H and O–H groups in total. The zero-order valence-corrected chi connectivity index (χ0v) is 13.3. The summed E-state index contributed by atoms with van der Waals surface area (Å²) in [6, 6.07) is 8.63. The fourth-order valence-corrected chi connectivity index (χ4v) is 2.99. The van der Waals surface area contributed by atoms with Crippen LogP contribution in [0.1, 0.15) is 16.1 Å². The molecule has 0 spiro atoms. The van der Waals surface area contributed by atoms with Crippen LogP contribution >= 0.6 is 24.0 Å². The third-order valence-electron chi connectivity index (χ3n) is 2.90. The smallest absolute Gasteiger partial charge is 0.267 e. The van der Waals surface area contributed by atoms with Gasteiger partial charge in [0, 0.05) is 18.6 Å². The predicted molar refractivity (Wildman–Crippen MR) is 91.0 cm³/mol. The summed E-state index contributed by atoms with van der Waals surface area (Å²) in [5, 5.41) is 1.06. The summed E-state index contributed by atoms with van der Waals surface area (Å²) in [7, 11) is 0. The van der Waals surface area contributed by atoms with Crippen LogP contribution in [-0.4, -0.2) is 31.1 Å². The molecule has 114 valence electrons. The molecule has 0 saturated carbocycles. The number of nitrogens with one attached hydrogen (secondary N) is 1. The quantitative estimate of drug-likeness (QED) is 0.679. The van der Waals surface area contributed by atoms with Gasteiger partial charge in [-0.15, -0.1) is 0 Å². The highest BCUT2D eigenvalue weighted by atomic mass is 32.2. The highest BCUT2D eigenvalue weighted by molar-refractivity contribution is 8.26. The van der Waals surface area contributed by atoms with E-state index in [1.807, 2.05) is 6.07 Å². The van der Waals surface area contributed by atoms with Gasteiger partial charge in [0.1, 0.15) is 0 Å². The van der Waals surface area contributed by atoms with Crippen LogP contribution in [0.3, 0.4) is 0 Å². The molecule has 3 heterocycles. The maximum absolute atomic E-state index is 12.4. The fourth-order valence-electron chi connectivity index (χ4n) is 1.82. The van der Waals surface area contributed by atoms with E-state index in [2.05, 4.69) is 15.4 Å². The molecule has 2 aromatic rings. The van der Waals surface area contributed by atoms with Crippen LogP contribution in [0.15, 0.2) is 53.8 Å². The number of thiocarbonyl (C=S) groups is 1. The van der Waals surface area contributed by atoms with E-state index in [-0.39, 0.29) is 10.2 Å². The van der Waals surface area contributed by atoms with Crippen LogP contribution in [0.5, 0.6) is 0 Å². The Morgan fingerprint density at radius 3 is 2.83 bits per heavy atom. The first-order valence-electron chi connectivity index (χ1n) is 6.55. The van der Waals surface area contributed by atoms with Crippen molar-refractivity contribution >= 4 is 46.2 Å². The molecule has 0 unspecified atom stereocenters. The second-order valence-electron chi connectivity index (χ2n) is 4.45. The Labute approximate surface area is 141 Å². The highest BCUT2D eigenvalue weighted by Crippen LogP contribution is 2.31. The molecule has 1 saturated heterocycles. The number of pyridine rings is 2. The number of rotatable bonds is 3. The summed E-state index contributed by atoms with van der Waals surface area (Å²) in [5.41, 5.74) is 3.48. The number of hydrogen-bond acceptors (Lipinski definition) is 6. The average molecular weight is 342 g/mol. The number of aromatic nitrogens is 2. The van der Waals surface area contributed by atoms with Crippen LogP contribution in [0.2, 0.25) is 0 Å². The molecule has 0 aromatic carbocycles. The lowest BCUT2D eigenvalue weighted by molar-refractivity contribution is -0.123. The minimum Gasteiger partial charge on any atom is -0.267 e. The number of hydrogen-bond donors (Lipinski definition) is 1. The molecule has 2 amide bonds. The summed E-state index contributed by atoms with van der Waals surface area (Å²) in [4.78, 5) is 32.9. The summed E-state index contributed by atoms with van der Waals surface area (Å²) < 4.78 is 0.259. The minimum absolute atomic E-state index is 0.259. The normalized spacial score (nSPS) is 16.0. The van der Waals surface area contributed by atoms with Gasteiger partial charge >= 0.3 is 0 Å². The van der Waals surface area contributed by atoms with E-state index in [0.717, 1.165) is 16.8 Å². The lowest BCUT2D eigenvalue weighted by atomic mass is 10.3. The van der Waals surface area contributed by atoms with Crippen molar-refractivity contribution in [2.45, 2.75) is 0 Å². The fraction of sp³-hybridized carbons (Fsp3) is 0. The Morgan fingerprint density at radius 1 is 1.26 bits per heavy atom. The largest absolute Gasteiger partial charge is 0.285 e. The van der Waals surface area contributed by atoms with Crippen LogP contribution < -0.4 is 5.43 Å². The van der Waals surface area contributed by atoms with Gasteiger partial charge in [0.05, 0.1) is 16.2 Å². The van der Waals surface area contributed by atoms with E-state index in [1.54, 1.807) is 42.7 Å². The van der Waals surface area contributed by atoms with Gasteiger partial charge in [-0.3, -0.25) is 25.0 Å². The van der Waals surface area contributed by atoms with Crippen molar-refractivity contribution in [3.8, 4) is 0 Å². The summed E-state index contributed by atoms with van der Waals surface area (Å²) >= 11 is 6.27. The topological polar surface area (TPSA) is 75.2 Å². The zero-order chi connectivity index (χ0) is 16.2. The summed E-state index contributed by atoms with van der Waals surface area (Å²) in [6.45, 7) is 0. The molecule has 0 radical (unpaired) electrons. The van der Waals surface area contributed by atoms with Crippen molar-refractivity contribution in [1.29, 1.82) is 0 Å². The zero-order valence-electron chi connectivity index (χ0n) is 11.7. The van der Waals surface area contributed by atoms with E-state index in [0.29, 0.717) is 16.2 Å². The molecule has 1 fully saturated rings. The standard InChI is InChI=1S/C15H10N4O2S2/c20-13(10-4-3-6-16-9-10)18-19-14(21)12(23-15(19)22)8-11-5-1-2-7-17-11/h1-9H,(H,18,20)/b12-8-. The van der Waals surface area contributed by atoms with Gasteiger partial charge in [0.2, 0.25) is 0 Å². The minimum atomic E-state index is -0.450. The van der Waals surface area contributed by atoms with Crippen molar-refractivity contribution in [2.24, 2.45) is 0 Å². The van der Waals surface area contributed by atoms with Crippen molar-refractivity contribution in [3.63, 3.8) is 0 Å². The maximum Gasteiger partial charge on any atom is 0.285 e. The Morgan fingerprint density at radius 2 is 2.13 bits per heavy atom. The van der Waals surface area contributed by atoms with Crippen molar-refractivity contribution < 1.29 is 9.59 Å². The van der Waals surface area contributed by atoms with E-state index < -0.39 is 5.91 Å². The van der Waals surface area contributed by atoms with Gasteiger partial charge in [-0.1, -0.05) is 17.8 Å². The Kier molecular flexibility index (Phi) is 4.45. The molecule has 1 aliphatic heterocycles. The molecule has 0 aliphatic carbocycles. The maximum atomic E-state index is 12.4. The van der Waals surface area contributed by atoms with Gasteiger partial charge in [0.25, 0.3) is 11.8 Å². The first kappa shape index (κ1) is 15.3. The Balaban J connectivity index is 1.77. The lowest BCUT2D eigenvalue weighted by Crippen LogP contribution is -2.44. The third kappa shape index (κ3) is 3.43. The predicted octanol–water partition coefficient (Wildman–Crippen LogP) is 2.02. The van der Waals surface area contributed by atoms with Crippen molar-refractivity contribution in [1.82, 2.24) is 20.4 Å². The monoisotopic (exact) mass is 342 g/mol. The molecular formula is C15H10N4O2S2. The van der Waals surface area contributed by atoms with Gasteiger partial charge in [-0.2, -0.15) is 5.01 Å². The van der Waals surface area contributed by atoms with E-state index in [4.69, 9.17) is 12.2 Å². The molecule has 3 rings (SSSR count). The number of nitrogens with zero attached hydrogens (tertiary/aromatic N) is 3. The van der Waals surface area contributed by atoms with Crippen LogP contribution in [0.4, 0.5) is 0 Å². The molecular weight excluding hydrogens is 332 g/mol. The third-order valence-corrected chi connectivity index (χ3v) is 4.20. The Bertz CT molecular complexity index is 794. The molecule has 1 aliphatic rings. The molecule has 8 heteroatoms. The van der Waals surface area contributed by atoms with Crippen molar-refractivity contribution in [3.05, 3.63) is 65.1 Å². The SMILES string of the molecule is O=C(NN1C(=O)/C(=C/c2ccccn2)SC1=S)c1cccnc1. The number of thioether (sulfide) groups is 1. The number of amides is 2. The number of carbonyl (C=O) groups excluding carboxylic acids is 2. The second-order valence-corrected chi connectivity index (χ2v) is 6.13. The molecule has 2 aromatic heterocycles. The molecule has 6 nitrogen and oxygen atoms in total. The molecule has 23 heavy (non-hydrogen) atoms. The van der Waals surface area contributed by atoms with Crippen LogP contribution in [0, 0.1) is 0 Å². The van der Waals surface area contributed by atoms with E-state index in [1.165, 1.54) is 6.20 Å². The van der Waals surface area contributed by atoms with E-state index in [9.17, 15) is 9.59 Å². The molecule has 0 bridgehead atoms. The van der Waals surface area contributed by atoms with Gasteiger partial charge in [-0.25, -0.2) is 0 Å². The first-order valence-corrected chi connectivity index (χ1v) is 7.77. The number of carbonyl (C=O) groups is 2. The van der Waals surface area contributed by atoms with Crippen LogP contribution in [0.25, 0.3) is 6.08 Å². The Hall–Kier alpha value is -2.58. The van der Waals surface area contributed by atoms with E-state index >= 15 is 0 Å².